The van der Waals surface area contributed by atoms with E-state index in [1.54, 1.807) is 28.8 Å². The summed E-state index contributed by atoms with van der Waals surface area (Å²) in [6, 6.07) is 13.8. The first-order valence-electron chi connectivity index (χ1n) is 10.6. The number of thioether (sulfide) groups is 2. The molecule has 0 aliphatic heterocycles. The van der Waals surface area contributed by atoms with Gasteiger partial charge in [0.15, 0.2) is 5.82 Å². The fourth-order valence-electron chi connectivity index (χ4n) is 3.78. The maximum atomic E-state index is 12.7. The van der Waals surface area contributed by atoms with Crippen LogP contribution in [-0.4, -0.2) is 31.0 Å². The Hall–Kier alpha value is -3.03. The minimum absolute atomic E-state index is 0.149. The van der Waals surface area contributed by atoms with E-state index >= 15 is 0 Å². The van der Waals surface area contributed by atoms with Crippen LogP contribution < -0.4 is 0 Å². The standard InChI is InChI=1S/C24H18F3N5S2/c1-2-33-20-9-16(15-3-5-18(6-4-15)23(14-28)7-8-23)11-30-22(20)32-13-17-12-29-21(10-19(17)31-32)34-24(25,26)27/h3-6,9-13H,2,7-8H2,1H3. The minimum Gasteiger partial charge on any atom is -0.249 e. The fourth-order valence-corrected chi connectivity index (χ4v) is 5.09. The van der Waals surface area contributed by atoms with Gasteiger partial charge in [-0.3, -0.25) is 0 Å². The summed E-state index contributed by atoms with van der Waals surface area (Å²) in [5.74, 6) is 1.42. The second-order valence-electron chi connectivity index (χ2n) is 7.95. The van der Waals surface area contributed by atoms with Crippen LogP contribution in [0.15, 0.2) is 64.9 Å². The van der Waals surface area contributed by atoms with Crippen LogP contribution in [0.3, 0.4) is 0 Å². The summed E-state index contributed by atoms with van der Waals surface area (Å²) in [5, 5.41) is 14.4. The topological polar surface area (TPSA) is 67.4 Å². The quantitative estimate of drug-likeness (QED) is 0.274. The SMILES string of the molecule is CCSc1cc(-c2ccc(C3(C#N)CC3)cc2)cnc1-n1cc2cnc(SC(F)(F)F)cc2n1. The van der Waals surface area contributed by atoms with Crippen molar-refractivity contribution in [1.29, 1.82) is 5.26 Å². The van der Waals surface area contributed by atoms with Gasteiger partial charge in [0.1, 0.15) is 5.03 Å². The average Bonchev–Trinajstić information content (AvgIpc) is 3.50. The first-order chi connectivity index (χ1) is 16.3. The van der Waals surface area contributed by atoms with Gasteiger partial charge < -0.3 is 0 Å². The van der Waals surface area contributed by atoms with Crippen molar-refractivity contribution in [3.63, 3.8) is 0 Å². The van der Waals surface area contributed by atoms with Crippen LogP contribution in [0.2, 0.25) is 0 Å². The molecule has 5 nitrogen and oxygen atoms in total. The van der Waals surface area contributed by atoms with Crippen LogP contribution in [0, 0.1) is 11.3 Å². The van der Waals surface area contributed by atoms with Crippen LogP contribution >= 0.6 is 23.5 Å². The molecule has 0 N–H and O–H groups in total. The van der Waals surface area contributed by atoms with E-state index in [2.05, 4.69) is 21.1 Å². The van der Waals surface area contributed by atoms with Crippen molar-refractivity contribution >= 4 is 34.4 Å². The fraction of sp³-hybridized carbons (Fsp3) is 0.250. The van der Waals surface area contributed by atoms with Crippen LogP contribution in [0.1, 0.15) is 25.3 Å². The summed E-state index contributed by atoms with van der Waals surface area (Å²) in [5.41, 5.74) is -1.32. The summed E-state index contributed by atoms with van der Waals surface area (Å²) >= 11 is 1.35. The molecule has 1 fully saturated rings. The molecular formula is C24H18F3N5S2. The monoisotopic (exact) mass is 497 g/mol. The normalized spacial score (nSPS) is 14.8. The molecule has 1 saturated carbocycles. The summed E-state index contributed by atoms with van der Waals surface area (Å²) in [4.78, 5) is 9.44. The zero-order valence-electron chi connectivity index (χ0n) is 18.0. The number of pyridine rings is 2. The Kier molecular flexibility index (Phi) is 5.78. The van der Waals surface area contributed by atoms with Gasteiger partial charge >= 0.3 is 5.51 Å². The van der Waals surface area contributed by atoms with Gasteiger partial charge in [-0.1, -0.05) is 31.2 Å². The number of fused-ring (bicyclic) bond motifs is 1. The maximum Gasteiger partial charge on any atom is 0.447 e. The van der Waals surface area contributed by atoms with E-state index in [9.17, 15) is 18.4 Å². The van der Waals surface area contributed by atoms with Crippen LogP contribution in [0.25, 0.3) is 27.8 Å². The van der Waals surface area contributed by atoms with Gasteiger partial charge in [-0.15, -0.1) is 11.8 Å². The largest absolute Gasteiger partial charge is 0.447 e. The van der Waals surface area contributed by atoms with Gasteiger partial charge in [0.2, 0.25) is 0 Å². The number of hydrogen-bond acceptors (Lipinski definition) is 6. The lowest BCUT2D eigenvalue weighted by Crippen LogP contribution is -2.02. The van der Waals surface area contributed by atoms with Gasteiger partial charge in [-0.2, -0.15) is 23.5 Å². The van der Waals surface area contributed by atoms with Crippen LogP contribution in [0.5, 0.6) is 0 Å². The van der Waals surface area contributed by atoms with Crippen molar-refractivity contribution in [2.24, 2.45) is 0 Å². The Bertz CT molecular complexity index is 1400. The van der Waals surface area contributed by atoms with Gasteiger partial charge in [-0.05, 0) is 41.9 Å². The van der Waals surface area contributed by atoms with E-state index in [0.717, 1.165) is 40.2 Å². The third kappa shape index (κ3) is 4.50. The summed E-state index contributed by atoms with van der Waals surface area (Å²) in [6.07, 6.45) is 6.68. The Labute approximate surface area is 202 Å². The molecule has 0 saturated heterocycles. The highest BCUT2D eigenvalue weighted by Crippen LogP contribution is 2.47. The predicted molar refractivity (Wildman–Crippen MR) is 127 cm³/mol. The molecule has 4 aromatic rings. The summed E-state index contributed by atoms with van der Waals surface area (Å²) in [6.45, 7) is 2.04. The average molecular weight is 498 g/mol. The molecule has 3 heterocycles. The van der Waals surface area contributed by atoms with E-state index in [4.69, 9.17) is 0 Å². The molecule has 0 radical (unpaired) electrons. The molecule has 0 amide bonds. The van der Waals surface area contributed by atoms with Crippen molar-refractivity contribution in [3.8, 4) is 23.0 Å². The molecule has 1 aromatic carbocycles. The molecule has 5 rings (SSSR count). The first kappa shape index (κ1) is 22.7. The van der Waals surface area contributed by atoms with Crippen molar-refractivity contribution in [2.75, 3.05) is 5.75 Å². The number of hydrogen-bond donors (Lipinski definition) is 0. The molecular weight excluding hydrogens is 479 g/mol. The number of aromatic nitrogens is 4. The van der Waals surface area contributed by atoms with Crippen molar-refractivity contribution in [2.45, 2.75) is 40.6 Å². The number of nitrogens with zero attached hydrogens (tertiary/aromatic N) is 5. The zero-order chi connectivity index (χ0) is 23.9. The summed E-state index contributed by atoms with van der Waals surface area (Å²) < 4.78 is 39.7. The van der Waals surface area contributed by atoms with Crippen molar-refractivity contribution in [3.05, 3.63) is 60.6 Å². The van der Waals surface area contributed by atoms with E-state index < -0.39 is 5.51 Å². The lowest BCUT2D eigenvalue weighted by Gasteiger charge is -2.11. The Balaban J connectivity index is 1.48. The number of alkyl halides is 3. The van der Waals surface area contributed by atoms with E-state index in [1.807, 2.05) is 37.3 Å². The van der Waals surface area contributed by atoms with E-state index in [0.29, 0.717) is 16.7 Å². The molecule has 1 aliphatic carbocycles. The first-order valence-corrected chi connectivity index (χ1v) is 12.4. The lowest BCUT2D eigenvalue weighted by atomic mass is 9.95. The van der Waals surface area contributed by atoms with Crippen LogP contribution in [0.4, 0.5) is 13.2 Å². The Morgan fingerprint density at radius 2 is 1.85 bits per heavy atom. The number of nitriles is 1. The zero-order valence-corrected chi connectivity index (χ0v) is 19.6. The molecule has 0 atom stereocenters. The number of rotatable bonds is 6. The number of benzene rings is 1. The minimum atomic E-state index is -4.41. The highest BCUT2D eigenvalue weighted by molar-refractivity contribution is 8.00. The Morgan fingerprint density at radius 3 is 2.50 bits per heavy atom. The third-order valence-corrected chi connectivity index (χ3v) is 7.23. The van der Waals surface area contributed by atoms with Crippen molar-refractivity contribution < 1.29 is 13.2 Å². The summed E-state index contributed by atoms with van der Waals surface area (Å²) in [7, 11) is 0. The molecule has 172 valence electrons. The van der Waals surface area contributed by atoms with Gasteiger partial charge in [0.25, 0.3) is 0 Å². The molecule has 0 bridgehead atoms. The lowest BCUT2D eigenvalue weighted by molar-refractivity contribution is -0.0329. The third-order valence-electron chi connectivity index (χ3n) is 5.67. The highest BCUT2D eigenvalue weighted by Gasteiger charge is 2.44. The number of halogens is 3. The molecule has 34 heavy (non-hydrogen) atoms. The molecule has 10 heteroatoms. The van der Waals surface area contributed by atoms with Crippen LogP contribution in [-0.2, 0) is 5.41 Å². The predicted octanol–water partition coefficient (Wildman–Crippen LogP) is 6.76. The smallest absolute Gasteiger partial charge is 0.249 e. The van der Waals surface area contributed by atoms with Gasteiger partial charge in [0.05, 0.1) is 21.9 Å². The second-order valence-corrected chi connectivity index (χ2v) is 10.3. The van der Waals surface area contributed by atoms with E-state index in [1.165, 1.54) is 12.3 Å². The van der Waals surface area contributed by atoms with Gasteiger partial charge in [-0.25, -0.2) is 14.6 Å². The molecule has 0 unspecified atom stereocenters. The molecule has 0 spiro atoms. The second kappa shape index (κ2) is 8.64. The molecule has 1 aliphatic rings. The van der Waals surface area contributed by atoms with Crippen molar-refractivity contribution in [1.82, 2.24) is 19.7 Å². The Morgan fingerprint density at radius 1 is 1.09 bits per heavy atom. The maximum absolute atomic E-state index is 12.7. The highest BCUT2D eigenvalue weighted by atomic mass is 32.2. The van der Waals surface area contributed by atoms with E-state index in [-0.39, 0.29) is 22.2 Å². The van der Waals surface area contributed by atoms with Gasteiger partial charge in [0, 0.05) is 41.3 Å². The molecule has 3 aromatic heterocycles.